The first-order valence-corrected chi connectivity index (χ1v) is 12.0. The lowest BCUT2D eigenvalue weighted by molar-refractivity contribution is -0.967. The van der Waals surface area contributed by atoms with Gasteiger partial charge < -0.3 is 14.0 Å². The fourth-order valence-electron chi connectivity index (χ4n) is 4.86. The fraction of sp³-hybridized carbons (Fsp3) is 0.357. The summed E-state index contributed by atoms with van der Waals surface area (Å²) in [5, 5.41) is 0. The highest BCUT2D eigenvalue weighted by Crippen LogP contribution is 2.41. The number of nitrogens with zero attached hydrogens (tertiary/aromatic N) is 1. The van der Waals surface area contributed by atoms with E-state index in [2.05, 4.69) is 0 Å². The van der Waals surface area contributed by atoms with Gasteiger partial charge in [0.15, 0.2) is 6.04 Å². The molecule has 1 heterocycles. The number of benzene rings is 3. The van der Waals surface area contributed by atoms with Crippen LogP contribution in [0.25, 0.3) is 0 Å². The van der Waals surface area contributed by atoms with Crippen LogP contribution in [0.1, 0.15) is 46.9 Å². The fourth-order valence-corrected chi connectivity index (χ4v) is 4.86. The highest BCUT2D eigenvalue weighted by Gasteiger charge is 2.46. The zero-order valence-electron chi connectivity index (χ0n) is 20.7. The minimum absolute atomic E-state index is 0.0858. The van der Waals surface area contributed by atoms with Crippen LogP contribution in [-0.4, -0.2) is 31.0 Å². The van der Waals surface area contributed by atoms with E-state index in [4.69, 9.17) is 9.47 Å². The Balaban J connectivity index is 1.70. The van der Waals surface area contributed by atoms with E-state index in [1.807, 2.05) is 37.4 Å². The van der Waals surface area contributed by atoms with E-state index in [1.54, 1.807) is 12.1 Å². The van der Waals surface area contributed by atoms with Gasteiger partial charge in [-0.1, -0.05) is 30.3 Å². The number of morpholine rings is 1. The maximum absolute atomic E-state index is 13.7. The molecule has 0 N–H and O–H groups in total. The van der Waals surface area contributed by atoms with Crippen LogP contribution < -0.4 is 0 Å². The van der Waals surface area contributed by atoms with Gasteiger partial charge in [0.05, 0.1) is 30.9 Å². The van der Waals surface area contributed by atoms with E-state index >= 15 is 0 Å². The molecule has 38 heavy (non-hydrogen) atoms. The van der Waals surface area contributed by atoms with Crippen molar-refractivity contribution in [1.29, 1.82) is 0 Å². The Morgan fingerprint density at radius 2 is 1.47 bits per heavy atom. The summed E-state index contributed by atoms with van der Waals surface area (Å²) in [6.07, 6.45) is -12.1. The Morgan fingerprint density at radius 3 is 2.03 bits per heavy atom. The first kappa shape index (κ1) is 28.1. The Labute approximate surface area is 216 Å². The summed E-state index contributed by atoms with van der Waals surface area (Å²) in [6, 6.07) is 16.2. The summed E-state index contributed by atoms with van der Waals surface area (Å²) in [5.41, 5.74) is -1.43. The summed E-state index contributed by atoms with van der Waals surface area (Å²) in [6.45, 7) is 2.72. The molecule has 0 spiro atoms. The molecule has 0 saturated carbocycles. The van der Waals surface area contributed by atoms with Crippen molar-refractivity contribution >= 4 is 0 Å². The first-order valence-electron chi connectivity index (χ1n) is 12.0. The molecule has 3 aromatic rings. The molecule has 1 aliphatic rings. The standard InChI is InChI=1S/C28H27F7NO2/c1-18(21-14-22(27(30,31)32)16-23(15-21)28(33,34)35)38-26-25(20-8-10-24(29)11-9-20)36(2,12-13-37-26)17-19-6-4-3-5-7-19/h3-11,14-16,18,25-26H,12-13,17H2,1-2H3/q+1/t18?,25-,26+,36?/m0/s1. The van der Waals surface area contributed by atoms with Gasteiger partial charge >= 0.3 is 12.4 Å². The van der Waals surface area contributed by atoms with E-state index in [0.29, 0.717) is 35.3 Å². The smallest absolute Gasteiger partial charge is 0.341 e. The molecule has 2 unspecified atom stereocenters. The van der Waals surface area contributed by atoms with Gasteiger partial charge in [-0.25, -0.2) is 4.39 Å². The molecule has 204 valence electrons. The second-order valence-corrected chi connectivity index (χ2v) is 9.70. The number of halogens is 7. The molecular weight excluding hydrogens is 515 g/mol. The van der Waals surface area contributed by atoms with Gasteiger partial charge in [-0.2, -0.15) is 26.3 Å². The van der Waals surface area contributed by atoms with E-state index in [0.717, 1.165) is 5.56 Å². The first-order chi connectivity index (χ1) is 17.8. The summed E-state index contributed by atoms with van der Waals surface area (Å²) >= 11 is 0. The molecule has 0 aliphatic carbocycles. The topological polar surface area (TPSA) is 18.5 Å². The van der Waals surface area contributed by atoms with E-state index in [1.165, 1.54) is 19.1 Å². The van der Waals surface area contributed by atoms with Crippen LogP contribution in [-0.2, 0) is 28.4 Å². The largest absolute Gasteiger partial charge is 0.416 e. The zero-order valence-corrected chi connectivity index (χ0v) is 20.7. The molecule has 0 bridgehead atoms. The predicted octanol–water partition coefficient (Wildman–Crippen LogP) is 7.69. The number of likely N-dealkylation sites (N-methyl/N-ethyl adjacent to an activating group) is 1. The summed E-state index contributed by atoms with van der Waals surface area (Å²) in [4.78, 5) is 0. The van der Waals surface area contributed by atoms with Crippen molar-refractivity contribution in [1.82, 2.24) is 0 Å². The monoisotopic (exact) mass is 542 g/mol. The number of alkyl halides is 6. The lowest BCUT2D eigenvalue weighted by Crippen LogP contribution is -2.57. The van der Waals surface area contributed by atoms with Crippen LogP contribution in [0.4, 0.5) is 30.7 Å². The molecule has 3 aromatic carbocycles. The number of quaternary nitrogens is 1. The molecule has 0 amide bonds. The summed E-state index contributed by atoms with van der Waals surface area (Å²) < 4.78 is 107. The number of ether oxygens (including phenoxy) is 2. The van der Waals surface area contributed by atoms with E-state index < -0.39 is 47.7 Å². The Morgan fingerprint density at radius 1 is 0.895 bits per heavy atom. The molecule has 4 rings (SSSR count). The summed E-state index contributed by atoms with van der Waals surface area (Å²) in [7, 11) is 1.97. The molecular formula is C28H27F7NO2+. The molecule has 4 atom stereocenters. The maximum atomic E-state index is 13.7. The minimum Gasteiger partial charge on any atom is -0.341 e. The van der Waals surface area contributed by atoms with Crippen LogP contribution in [0.15, 0.2) is 72.8 Å². The van der Waals surface area contributed by atoms with Crippen molar-refractivity contribution in [3.63, 3.8) is 0 Å². The Kier molecular flexibility index (Phi) is 7.88. The highest BCUT2D eigenvalue weighted by atomic mass is 19.4. The van der Waals surface area contributed by atoms with Crippen LogP contribution in [0.5, 0.6) is 0 Å². The molecule has 1 saturated heterocycles. The predicted molar refractivity (Wildman–Crippen MR) is 126 cm³/mol. The number of hydrogen-bond acceptors (Lipinski definition) is 2. The molecule has 1 fully saturated rings. The van der Waals surface area contributed by atoms with Crippen LogP contribution in [0, 0.1) is 5.82 Å². The number of rotatable bonds is 6. The van der Waals surface area contributed by atoms with Crippen molar-refractivity contribution in [2.45, 2.75) is 44.3 Å². The maximum Gasteiger partial charge on any atom is 0.416 e. The molecule has 0 radical (unpaired) electrons. The molecule has 1 aliphatic heterocycles. The zero-order chi connectivity index (χ0) is 27.7. The number of hydrogen-bond donors (Lipinski definition) is 0. The van der Waals surface area contributed by atoms with Gasteiger partial charge in [0.1, 0.15) is 18.9 Å². The van der Waals surface area contributed by atoms with Crippen LogP contribution in [0.3, 0.4) is 0 Å². The average Bonchev–Trinajstić information content (AvgIpc) is 2.84. The van der Waals surface area contributed by atoms with Gasteiger partial charge in [0.2, 0.25) is 6.29 Å². The van der Waals surface area contributed by atoms with Gasteiger partial charge in [-0.05, 0) is 55.0 Å². The average molecular weight is 543 g/mol. The lowest BCUT2D eigenvalue weighted by atomic mass is 9.98. The minimum atomic E-state index is -4.97. The van der Waals surface area contributed by atoms with Gasteiger partial charge in [0.25, 0.3) is 0 Å². The molecule has 10 heteroatoms. The van der Waals surface area contributed by atoms with Crippen molar-refractivity contribution in [2.24, 2.45) is 0 Å². The van der Waals surface area contributed by atoms with Crippen LogP contribution in [0.2, 0.25) is 0 Å². The Hall–Kier alpha value is -2.95. The normalized spacial score (nSPS) is 23.3. The quantitative estimate of drug-likeness (QED) is 0.235. The second kappa shape index (κ2) is 10.7. The van der Waals surface area contributed by atoms with Crippen molar-refractivity contribution in [3.8, 4) is 0 Å². The van der Waals surface area contributed by atoms with Gasteiger partial charge in [0, 0.05) is 11.1 Å². The Bertz CT molecular complexity index is 1200. The highest BCUT2D eigenvalue weighted by molar-refractivity contribution is 5.34. The van der Waals surface area contributed by atoms with Crippen LogP contribution >= 0.6 is 0 Å². The SMILES string of the molecule is CC(O[C@H]1OCC[N+](C)(Cc2ccccc2)[C@H]1c1ccc(F)cc1)c1cc(C(F)(F)F)cc(C(F)(F)F)c1. The molecule has 3 nitrogen and oxygen atoms in total. The lowest BCUT2D eigenvalue weighted by Gasteiger charge is -2.48. The van der Waals surface area contributed by atoms with Crippen molar-refractivity contribution < 1.29 is 44.7 Å². The van der Waals surface area contributed by atoms with Crippen molar-refractivity contribution in [2.75, 3.05) is 20.2 Å². The van der Waals surface area contributed by atoms with Gasteiger partial charge in [-0.3, -0.25) is 0 Å². The second-order valence-electron chi connectivity index (χ2n) is 9.70. The third kappa shape index (κ3) is 6.36. The van der Waals surface area contributed by atoms with Crippen molar-refractivity contribution in [3.05, 3.63) is 106 Å². The van der Waals surface area contributed by atoms with E-state index in [-0.39, 0.29) is 18.2 Å². The summed E-state index contributed by atoms with van der Waals surface area (Å²) in [5.74, 6) is -0.447. The third-order valence-corrected chi connectivity index (χ3v) is 6.83. The van der Waals surface area contributed by atoms with E-state index in [9.17, 15) is 30.7 Å². The third-order valence-electron chi connectivity index (χ3n) is 6.83. The molecule has 0 aromatic heterocycles. The van der Waals surface area contributed by atoms with Gasteiger partial charge in [-0.15, -0.1) is 0 Å².